The highest BCUT2D eigenvalue weighted by Crippen LogP contribution is 2.19. The maximum atomic E-state index is 13.1. The predicted molar refractivity (Wildman–Crippen MR) is 99.4 cm³/mol. The van der Waals surface area contributed by atoms with Gasteiger partial charge in [0.1, 0.15) is 0 Å². The quantitative estimate of drug-likeness (QED) is 0.725. The third kappa shape index (κ3) is 3.04. The zero-order valence-corrected chi connectivity index (χ0v) is 14.8. The number of pyridine rings is 1. The van der Waals surface area contributed by atoms with Gasteiger partial charge < -0.3 is 9.64 Å². The molecule has 1 amide bonds. The number of aromatic amines is 1. The summed E-state index contributed by atoms with van der Waals surface area (Å²) in [4.78, 5) is 46.5. The van der Waals surface area contributed by atoms with Crippen molar-refractivity contribution in [3.63, 3.8) is 0 Å². The van der Waals surface area contributed by atoms with Crippen LogP contribution in [0.3, 0.4) is 0 Å². The van der Waals surface area contributed by atoms with Gasteiger partial charge in [0, 0.05) is 18.8 Å². The molecule has 0 radical (unpaired) electrons. The molecular weight excluding hydrogens is 348 g/mol. The molecule has 0 aliphatic carbocycles. The van der Waals surface area contributed by atoms with Crippen LogP contribution in [0.15, 0.2) is 46.0 Å². The number of hydrogen-bond acceptors (Lipinski definition) is 5. The number of nitrogens with one attached hydrogen (secondary N) is 1. The molecule has 0 saturated carbocycles. The number of carbonyl (C=O) groups excluding carboxylic acids is 1. The van der Waals surface area contributed by atoms with Crippen LogP contribution in [0, 0.1) is 6.92 Å². The molecule has 1 aliphatic rings. The molecule has 0 atom stereocenters. The maximum absolute atomic E-state index is 13.1. The number of aryl methyl sites for hydroxylation is 1. The number of hydrogen-bond donors (Lipinski definition) is 1. The Balaban J connectivity index is 2.01. The molecule has 3 heterocycles. The van der Waals surface area contributed by atoms with E-state index >= 15 is 0 Å². The minimum Gasteiger partial charge on any atom is -0.378 e. The first kappa shape index (κ1) is 17.2. The highest BCUT2D eigenvalue weighted by atomic mass is 16.5. The van der Waals surface area contributed by atoms with Crippen molar-refractivity contribution in [2.75, 3.05) is 26.3 Å². The van der Waals surface area contributed by atoms with Crippen LogP contribution in [-0.4, -0.2) is 51.6 Å². The number of morpholine rings is 1. The summed E-state index contributed by atoms with van der Waals surface area (Å²) in [5.41, 5.74) is 0.310. The van der Waals surface area contributed by atoms with Gasteiger partial charge in [0.2, 0.25) is 0 Å². The molecule has 1 fully saturated rings. The molecule has 2 aromatic heterocycles. The van der Waals surface area contributed by atoms with E-state index in [0.717, 1.165) is 0 Å². The summed E-state index contributed by atoms with van der Waals surface area (Å²) >= 11 is 0. The molecule has 0 spiro atoms. The van der Waals surface area contributed by atoms with E-state index in [1.165, 1.54) is 4.57 Å². The van der Waals surface area contributed by atoms with E-state index in [1.807, 2.05) is 6.07 Å². The number of fused-ring (bicyclic) bond motifs is 1. The number of nitrogens with zero attached hydrogens (tertiary/aromatic N) is 3. The molecule has 1 aromatic carbocycles. The van der Waals surface area contributed by atoms with Crippen molar-refractivity contribution in [3.05, 3.63) is 68.5 Å². The highest BCUT2D eigenvalue weighted by Gasteiger charge is 2.24. The summed E-state index contributed by atoms with van der Waals surface area (Å²) in [5, 5.41) is 0.112. The molecule has 0 unspecified atom stereocenters. The Morgan fingerprint density at radius 1 is 1.15 bits per heavy atom. The summed E-state index contributed by atoms with van der Waals surface area (Å²) in [5.74, 6) is -0.266. The van der Waals surface area contributed by atoms with Crippen LogP contribution in [0.5, 0.6) is 0 Å². The largest absolute Gasteiger partial charge is 0.378 e. The zero-order chi connectivity index (χ0) is 19.0. The fourth-order valence-electron chi connectivity index (χ4n) is 3.28. The summed E-state index contributed by atoms with van der Waals surface area (Å²) in [7, 11) is 0. The van der Waals surface area contributed by atoms with Gasteiger partial charge in [0.05, 0.1) is 29.9 Å². The van der Waals surface area contributed by atoms with E-state index < -0.39 is 11.2 Å². The lowest BCUT2D eigenvalue weighted by molar-refractivity contribution is 0.0304. The van der Waals surface area contributed by atoms with Crippen LogP contribution in [0.25, 0.3) is 16.7 Å². The summed E-state index contributed by atoms with van der Waals surface area (Å²) in [6, 6.07) is 10.5. The van der Waals surface area contributed by atoms with Crippen LogP contribution in [0.2, 0.25) is 0 Å². The molecule has 1 N–H and O–H groups in total. The normalized spacial score (nSPS) is 14.5. The average molecular weight is 366 g/mol. The van der Waals surface area contributed by atoms with Gasteiger partial charge in [-0.05, 0) is 25.1 Å². The van der Waals surface area contributed by atoms with E-state index in [0.29, 0.717) is 37.7 Å². The highest BCUT2D eigenvalue weighted by molar-refractivity contribution is 6.05. The smallest absolute Gasteiger partial charge is 0.334 e. The van der Waals surface area contributed by atoms with E-state index in [1.54, 1.807) is 42.2 Å². The van der Waals surface area contributed by atoms with Gasteiger partial charge in [-0.25, -0.2) is 14.3 Å². The number of H-pyrrole nitrogens is 1. The Bertz CT molecular complexity index is 1130. The second-order valence-corrected chi connectivity index (χ2v) is 6.34. The monoisotopic (exact) mass is 366 g/mol. The van der Waals surface area contributed by atoms with Crippen molar-refractivity contribution in [3.8, 4) is 5.69 Å². The minimum absolute atomic E-state index is 0.112. The molecule has 0 bridgehead atoms. The lowest BCUT2D eigenvalue weighted by atomic mass is 10.1. The first-order valence-electron chi connectivity index (χ1n) is 8.65. The first-order chi connectivity index (χ1) is 13.1. The number of carbonyl (C=O) groups is 1. The minimum atomic E-state index is -0.619. The van der Waals surface area contributed by atoms with Crippen LogP contribution in [-0.2, 0) is 4.74 Å². The third-order valence-electron chi connectivity index (χ3n) is 4.53. The lowest BCUT2D eigenvalue weighted by Gasteiger charge is -2.27. The number of ether oxygens (including phenoxy) is 1. The predicted octanol–water partition coefficient (Wildman–Crippen LogP) is 0.855. The second-order valence-electron chi connectivity index (χ2n) is 6.34. The molecule has 8 nitrogen and oxygen atoms in total. The number of amides is 1. The topological polar surface area (TPSA) is 97.3 Å². The SMILES string of the molecule is Cc1cc(C(=O)N2CCOCC2)c2c(=O)[nH]c(=O)n(-c3ccccc3)c2n1. The molecule has 3 aromatic rings. The standard InChI is InChI=1S/C19H18N4O4/c1-12-11-14(18(25)22-7-9-27-10-8-22)15-16(20-12)23(19(26)21-17(15)24)13-5-3-2-4-6-13/h2-6,11H,7-10H2,1H3,(H,21,24,26). The Labute approximate surface area is 154 Å². The Morgan fingerprint density at radius 2 is 1.85 bits per heavy atom. The third-order valence-corrected chi connectivity index (χ3v) is 4.53. The van der Waals surface area contributed by atoms with Crippen LogP contribution >= 0.6 is 0 Å². The molecule has 1 aliphatic heterocycles. The fourth-order valence-corrected chi connectivity index (χ4v) is 3.28. The van der Waals surface area contributed by atoms with Crippen LogP contribution in [0.1, 0.15) is 16.1 Å². The van der Waals surface area contributed by atoms with Crippen molar-refractivity contribution < 1.29 is 9.53 Å². The molecule has 1 saturated heterocycles. The molecular formula is C19H18N4O4. The van der Waals surface area contributed by atoms with Crippen molar-refractivity contribution in [1.82, 2.24) is 19.4 Å². The van der Waals surface area contributed by atoms with Crippen LogP contribution in [0.4, 0.5) is 0 Å². The van der Waals surface area contributed by atoms with Crippen molar-refractivity contribution >= 4 is 16.9 Å². The summed E-state index contributed by atoms with van der Waals surface area (Å²) in [6.45, 7) is 3.56. The lowest BCUT2D eigenvalue weighted by Crippen LogP contribution is -2.41. The van der Waals surface area contributed by atoms with E-state index in [-0.39, 0.29) is 22.5 Å². The van der Waals surface area contributed by atoms with Crippen molar-refractivity contribution in [2.45, 2.75) is 6.92 Å². The van der Waals surface area contributed by atoms with Crippen molar-refractivity contribution in [1.29, 1.82) is 0 Å². The number of benzene rings is 1. The summed E-state index contributed by atoms with van der Waals surface area (Å²) < 4.78 is 6.61. The fraction of sp³-hybridized carbons (Fsp3) is 0.263. The molecule has 8 heteroatoms. The molecule has 138 valence electrons. The Hall–Kier alpha value is -3.26. The van der Waals surface area contributed by atoms with Crippen molar-refractivity contribution in [2.24, 2.45) is 0 Å². The average Bonchev–Trinajstić information content (AvgIpc) is 2.68. The van der Waals surface area contributed by atoms with Gasteiger partial charge in [0.15, 0.2) is 5.65 Å². The Morgan fingerprint density at radius 3 is 2.56 bits per heavy atom. The van der Waals surface area contributed by atoms with Gasteiger partial charge in [0.25, 0.3) is 11.5 Å². The number of aromatic nitrogens is 3. The second kappa shape index (κ2) is 6.81. The van der Waals surface area contributed by atoms with Gasteiger partial charge in [-0.3, -0.25) is 14.6 Å². The zero-order valence-electron chi connectivity index (χ0n) is 14.8. The van der Waals surface area contributed by atoms with Crippen LogP contribution < -0.4 is 11.2 Å². The number of rotatable bonds is 2. The number of para-hydroxylation sites is 1. The Kier molecular flexibility index (Phi) is 4.33. The first-order valence-corrected chi connectivity index (χ1v) is 8.65. The van der Waals surface area contributed by atoms with Gasteiger partial charge >= 0.3 is 5.69 Å². The summed E-state index contributed by atoms with van der Waals surface area (Å²) in [6.07, 6.45) is 0. The van der Waals surface area contributed by atoms with Gasteiger partial charge in [-0.2, -0.15) is 0 Å². The van der Waals surface area contributed by atoms with E-state index in [2.05, 4.69) is 9.97 Å². The maximum Gasteiger partial charge on any atom is 0.334 e. The molecule has 4 rings (SSSR count). The van der Waals surface area contributed by atoms with E-state index in [4.69, 9.17) is 4.74 Å². The van der Waals surface area contributed by atoms with E-state index in [9.17, 15) is 14.4 Å². The molecule has 27 heavy (non-hydrogen) atoms. The van der Waals surface area contributed by atoms with Gasteiger partial charge in [-0.15, -0.1) is 0 Å². The van der Waals surface area contributed by atoms with Gasteiger partial charge in [-0.1, -0.05) is 18.2 Å².